The molecule has 33 heteroatoms. The summed E-state index contributed by atoms with van der Waals surface area (Å²) in [6.45, 7) is -6.05. The van der Waals surface area contributed by atoms with Crippen molar-refractivity contribution >= 4 is 11.0 Å². The fraction of sp³-hybridized carbons (Fsp3) is 0.833. The molecule has 0 amide bonds. The highest BCUT2D eigenvalue weighted by Crippen LogP contribution is 2.36. The van der Waals surface area contributed by atoms with E-state index in [0.717, 1.165) is 12.1 Å². The van der Waals surface area contributed by atoms with Crippen LogP contribution in [0.1, 0.15) is 11.9 Å². The number of rotatable bonds is 20. The third-order valence-electron chi connectivity index (χ3n) is 13.6. The number of H-pyrrole nitrogens is 1. The molecule has 5 aliphatic heterocycles. The topological polar surface area (TPSA) is 526 Å². The van der Waals surface area contributed by atoms with Crippen molar-refractivity contribution in [2.45, 2.75) is 178 Å². The Hall–Kier alpha value is -2.58. The maximum Gasteiger partial charge on any atom is 0.187 e. The van der Waals surface area contributed by atoms with Crippen molar-refractivity contribution in [3.63, 3.8) is 0 Å². The highest BCUT2D eigenvalue weighted by atomic mass is 19.1. The van der Waals surface area contributed by atoms with Crippen LogP contribution in [0.2, 0.25) is 0 Å². The molecule has 0 aliphatic carbocycles. The quantitative estimate of drug-likeness (QED) is 0.0585. The summed E-state index contributed by atoms with van der Waals surface area (Å²) in [5, 5.41) is 213. The Bertz CT molecular complexity index is 2080. The number of fused-ring (bicyclic) bond motifs is 1. The van der Waals surface area contributed by atoms with Gasteiger partial charge in [0.1, 0.15) is 158 Å². The molecule has 1 aromatic carbocycles. The van der Waals surface area contributed by atoms with Crippen molar-refractivity contribution in [2.75, 3.05) is 39.6 Å². The molecular formula is C42H65FN2O30. The van der Waals surface area contributed by atoms with Crippen LogP contribution in [0.4, 0.5) is 4.39 Å². The number of aliphatic hydroxyl groups excluding tert-OH is 20. The fourth-order valence-corrected chi connectivity index (χ4v) is 9.27. The summed E-state index contributed by atoms with van der Waals surface area (Å²) in [6, 6.07) is 3.40. The van der Waals surface area contributed by atoms with Crippen LogP contribution in [-0.2, 0) is 47.4 Å². The van der Waals surface area contributed by atoms with Crippen molar-refractivity contribution in [3.05, 3.63) is 29.8 Å². The lowest BCUT2D eigenvalue weighted by Crippen LogP contribution is -2.68. The molecule has 29 atom stereocenters. The Morgan fingerprint density at radius 2 is 0.840 bits per heavy atom. The lowest BCUT2D eigenvalue weighted by molar-refractivity contribution is -0.394. The first kappa shape index (κ1) is 60.1. The lowest BCUT2D eigenvalue weighted by Gasteiger charge is -2.49. The summed E-state index contributed by atoms with van der Waals surface area (Å²) in [5.41, 5.74) is 0.291. The first-order valence-corrected chi connectivity index (χ1v) is 23.5. The summed E-state index contributed by atoms with van der Waals surface area (Å²) < 4.78 is 69.5. The predicted octanol–water partition coefficient (Wildman–Crippen LogP) is -12.1. The van der Waals surface area contributed by atoms with Crippen LogP contribution in [-0.4, -0.2) is 324 Å². The number of halogens is 1. The van der Waals surface area contributed by atoms with E-state index >= 15 is 0 Å². The first-order valence-electron chi connectivity index (χ1n) is 23.5. The molecule has 75 heavy (non-hydrogen) atoms. The van der Waals surface area contributed by atoms with E-state index < -0.39 is 223 Å². The maximum absolute atomic E-state index is 13.8. The summed E-state index contributed by atoms with van der Waals surface area (Å²) in [7, 11) is 0. The third kappa shape index (κ3) is 12.4. The third-order valence-corrected chi connectivity index (χ3v) is 13.6. The van der Waals surface area contributed by atoms with Crippen molar-refractivity contribution < 1.29 is 154 Å². The van der Waals surface area contributed by atoms with Crippen LogP contribution in [0.5, 0.6) is 0 Å². The van der Waals surface area contributed by atoms with Gasteiger partial charge in [0, 0.05) is 0 Å². The molecule has 21 N–H and O–H groups in total. The molecule has 5 saturated heterocycles. The maximum atomic E-state index is 13.8. The monoisotopic (exact) mass is 1100 g/mol. The summed E-state index contributed by atoms with van der Waals surface area (Å²) in [5.74, 6) is -0.987. The number of hydrogen-bond acceptors (Lipinski definition) is 31. The Labute approximate surface area is 421 Å². The van der Waals surface area contributed by atoms with Gasteiger partial charge >= 0.3 is 0 Å². The Morgan fingerprint density at radius 1 is 0.480 bits per heavy atom. The van der Waals surface area contributed by atoms with Gasteiger partial charge in [-0.05, 0) is 18.2 Å². The number of ether oxygens (including phenoxy) is 10. The van der Waals surface area contributed by atoms with Crippen molar-refractivity contribution in [1.82, 2.24) is 9.97 Å². The van der Waals surface area contributed by atoms with Gasteiger partial charge in [0.2, 0.25) is 0 Å². The van der Waals surface area contributed by atoms with E-state index in [9.17, 15) is 107 Å². The van der Waals surface area contributed by atoms with Crippen molar-refractivity contribution in [1.29, 1.82) is 0 Å². The second kappa shape index (κ2) is 25.7. The average Bonchev–Trinajstić information content (AvgIpc) is 3.83. The molecule has 430 valence electrons. The van der Waals surface area contributed by atoms with Crippen LogP contribution in [0, 0.1) is 5.82 Å². The second-order valence-electron chi connectivity index (χ2n) is 18.5. The van der Waals surface area contributed by atoms with Crippen LogP contribution >= 0.6 is 0 Å². The van der Waals surface area contributed by atoms with Crippen molar-refractivity contribution in [3.8, 4) is 0 Å². The molecule has 2 aromatic rings. The first-order chi connectivity index (χ1) is 35.6. The Kier molecular flexibility index (Phi) is 20.6. The molecular weight excluding hydrogens is 1030 g/mol. The minimum absolute atomic E-state index is 0.117. The number of aromatic nitrogens is 2. The summed E-state index contributed by atoms with van der Waals surface area (Å²) >= 11 is 0. The van der Waals surface area contributed by atoms with Gasteiger partial charge in [-0.2, -0.15) is 0 Å². The SMILES string of the molecule is OCC1O[C@H](O[C@@H]2C(CO)O[C@H](O[C@@H]3C(CO)O[C@H](O[C@@H]4C(CO)O[C@H](O[C@@H]5C(CO)O[C@H](O[C@H](C(O)CO)[C@H](O)C(O)c6nc7ccc(F)cc7[nH]6)C(O)[C@H]5O)C(O)[C@H]4O)C(O)[C@H]3O)C(O)[C@H]2O)C(O)[C@@H](O)[C@@H]1O. The van der Waals surface area contributed by atoms with Gasteiger partial charge in [-0.3, -0.25) is 0 Å². The number of benzene rings is 1. The second-order valence-corrected chi connectivity index (χ2v) is 18.5. The van der Waals surface area contributed by atoms with Crippen molar-refractivity contribution in [2.24, 2.45) is 0 Å². The fourth-order valence-electron chi connectivity index (χ4n) is 9.27. The van der Waals surface area contributed by atoms with E-state index in [1.165, 1.54) is 6.07 Å². The smallest absolute Gasteiger partial charge is 0.187 e. The number of nitrogens with zero attached hydrogens (tertiary/aromatic N) is 1. The van der Waals surface area contributed by atoms with Gasteiger partial charge in [0.25, 0.3) is 0 Å². The van der Waals surface area contributed by atoms with E-state index in [0.29, 0.717) is 0 Å². The average molecular weight is 1100 g/mol. The summed E-state index contributed by atoms with van der Waals surface area (Å²) in [6.07, 6.45) is -56.9. The Balaban J connectivity index is 0.965. The number of nitrogens with one attached hydrogen (secondary N) is 1. The molecule has 0 spiro atoms. The molecule has 0 radical (unpaired) electrons. The largest absolute Gasteiger partial charge is 0.394 e. The zero-order chi connectivity index (χ0) is 54.9. The van der Waals surface area contributed by atoms with Gasteiger partial charge in [-0.1, -0.05) is 0 Å². The van der Waals surface area contributed by atoms with Gasteiger partial charge in [0.15, 0.2) is 31.5 Å². The highest BCUT2D eigenvalue weighted by molar-refractivity contribution is 5.75. The van der Waals surface area contributed by atoms with Crippen LogP contribution < -0.4 is 0 Å². The molecule has 32 nitrogen and oxygen atoms in total. The van der Waals surface area contributed by atoms with Crippen LogP contribution in [0.3, 0.4) is 0 Å². The lowest BCUT2D eigenvalue weighted by atomic mass is 9.95. The summed E-state index contributed by atoms with van der Waals surface area (Å²) in [4.78, 5) is 6.66. The van der Waals surface area contributed by atoms with Crippen LogP contribution in [0.25, 0.3) is 11.0 Å². The van der Waals surface area contributed by atoms with E-state index in [-0.39, 0.29) is 16.9 Å². The standard InChI is InChI=1S/C42H65FN2O30/c43-10-1-2-11-12(3-10)45-37(44-11)26(60)21(55)32(13(52)4-46)71-39-28(62)22(56)34(15(6-48)67-39)73-41-30(64)24(58)36(17(8-50)69-41)75-42-31(65)25(59)35(18(9-51)70-42)74-40-29(63)23(57)33(16(7-49)68-40)72-38-27(61)20(54)19(53)14(5-47)66-38/h1-3,13-36,38-42,46-65H,4-9H2,(H,44,45)/t13?,14?,15?,16?,17?,18?,19-,20+,21-,22-,23-,24-,25-,26?,27?,28?,29?,30?,31?,32-,33-,34-,35-,36-,38-,39-,40-,41-,42-/m1/s1. The van der Waals surface area contributed by atoms with E-state index in [4.69, 9.17) is 47.4 Å². The molecule has 5 aliphatic rings. The minimum atomic E-state index is -2.22. The Morgan fingerprint density at radius 3 is 1.23 bits per heavy atom. The molecule has 6 heterocycles. The number of aromatic amines is 1. The predicted molar refractivity (Wildman–Crippen MR) is 229 cm³/mol. The van der Waals surface area contributed by atoms with Gasteiger partial charge < -0.3 is 154 Å². The van der Waals surface area contributed by atoms with Gasteiger partial charge in [-0.15, -0.1) is 0 Å². The van der Waals surface area contributed by atoms with Gasteiger partial charge in [0.05, 0.1) is 50.7 Å². The van der Waals surface area contributed by atoms with E-state index in [1.54, 1.807) is 0 Å². The molecule has 1 aromatic heterocycles. The molecule has 0 saturated carbocycles. The van der Waals surface area contributed by atoms with Crippen LogP contribution in [0.15, 0.2) is 18.2 Å². The number of aliphatic hydroxyl groups is 20. The zero-order valence-corrected chi connectivity index (χ0v) is 39.1. The molecule has 0 bridgehead atoms. The highest BCUT2D eigenvalue weighted by Gasteiger charge is 2.57. The van der Waals surface area contributed by atoms with Gasteiger partial charge in [-0.25, -0.2) is 9.37 Å². The minimum Gasteiger partial charge on any atom is -0.394 e. The molecule has 12 unspecified atom stereocenters. The molecule has 7 rings (SSSR count). The normalized spacial score (nSPS) is 44.6. The van der Waals surface area contributed by atoms with E-state index in [2.05, 4.69) is 9.97 Å². The number of imidazole rings is 1. The molecule has 5 fully saturated rings. The number of hydrogen-bond donors (Lipinski definition) is 21. The van der Waals surface area contributed by atoms with E-state index in [1.807, 2.05) is 0 Å². The zero-order valence-electron chi connectivity index (χ0n) is 39.1.